The maximum Gasteiger partial charge on any atom is 0.310 e. The first kappa shape index (κ1) is 21.2. The highest BCUT2D eigenvalue weighted by atomic mass is 35.5. The van der Waals surface area contributed by atoms with E-state index in [9.17, 15) is 33.1 Å². The van der Waals surface area contributed by atoms with Crippen molar-refractivity contribution in [3.63, 3.8) is 0 Å². The Morgan fingerprint density at radius 1 is 1.18 bits per heavy atom. The van der Waals surface area contributed by atoms with Crippen molar-refractivity contribution in [2.75, 3.05) is 6.26 Å². The Morgan fingerprint density at radius 3 is 2.04 bits per heavy atom. The van der Waals surface area contributed by atoms with Crippen molar-refractivity contribution in [1.82, 2.24) is 9.78 Å². The van der Waals surface area contributed by atoms with E-state index in [4.69, 9.17) is 23.2 Å². The van der Waals surface area contributed by atoms with E-state index < -0.39 is 39.7 Å². The van der Waals surface area contributed by atoms with Crippen molar-refractivity contribution in [1.29, 1.82) is 5.26 Å². The number of halogens is 7. The first-order chi connectivity index (χ1) is 12.4. The Balaban J connectivity index is 2.21. The van der Waals surface area contributed by atoms with Crippen molar-refractivity contribution in [2.24, 2.45) is 0 Å². The van der Waals surface area contributed by atoms with Gasteiger partial charge in [-0.25, -0.2) is 13.1 Å². The third-order valence-corrected chi connectivity index (χ3v) is 8.14. The number of hydrogen-bond donors (Lipinski definition) is 0. The van der Waals surface area contributed by atoms with Gasteiger partial charge in [-0.1, -0.05) is 42.6 Å². The van der Waals surface area contributed by atoms with Crippen LogP contribution in [0.15, 0.2) is 23.2 Å². The Hall–Kier alpha value is -1.55. The molecule has 0 amide bonds. The first-order valence-corrected chi connectivity index (χ1v) is 11.9. The molecular formula is C14H10Cl2F5N3O2S2. The Labute approximate surface area is 166 Å². The molecule has 3 rings (SSSR count). The molecule has 1 aromatic heterocycles. The summed E-state index contributed by atoms with van der Waals surface area (Å²) in [5.74, 6) is 0. The second-order valence-electron chi connectivity index (χ2n) is 6.42. The summed E-state index contributed by atoms with van der Waals surface area (Å²) in [6.07, 6.45) is 2.56. The average Bonchev–Trinajstić information content (AvgIpc) is 3.20. The molecule has 1 aromatic carbocycles. The monoisotopic (exact) mass is 481 g/mol. The minimum absolute atomic E-state index is 0.0151. The molecule has 1 fully saturated rings. The van der Waals surface area contributed by atoms with E-state index in [1.165, 1.54) is 0 Å². The van der Waals surface area contributed by atoms with Crippen LogP contribution >= 0.6 is 33.4 Å². The van der Waals surface area contributed by atoms with Crippen LogP contribution < -0.4 is 0 Å². The molecule has 0 spiro atoms. The molecule has 14 heteroatoms. The quantitative estimate of drug-likeness (QED) is 0.521. The van der Waals surface area contributed by atoms with E-state index in [1.54, 1.807) is 6.07 Å². The highest BCUT2D eigenvalue weighted by molar-refractivity contribution is 8.45. The summed E-state index contributed by atoms with van der Waals surface area (Å²) >= 11 is 11.5. The minimum Gasteiger partial charge on any atom is -0.236 e. The van der Waals surface area contributed by atoms with Gasteiger partial charge in [0.05, 0.1) is 10.0 Å². The van der Waals surface area contributed by atoms with Crippen molar-refractivity contribution < 1.29 is 27.8 Å². The van der Waals surface area contributed by atoms with Crippen molar-refractivity contribution in [3.05, 3.63) is 39.6 Å². The molecule has 2 aromatic rings. The van der Waals surface area contributed by atoms with Crippen molar-refractivity contribution in [2.45, 2.75) is 22.5 Å². The lowest BCUT2D eigenvalue weighted by Crippen LogP contribution is -2.19. The topological polar surface area (TPSA) is 75.8 Å². The van der Waals surface area contributed by atoms with Crippen molar-refractivity contribution in [3.8, 4) is 11.8 Å². The number of hydrogen-bond acceptors (Lipinski definition) is 4. The molecule has 1 aliphatic carbocycles. The number of benzene rings is 1. The SMILES string of the molecule is CS(=O)(=O)C1(c2cn(-c3c(Cl)cc(S(F)(F)(F)(F)F)cc3Cl)nc2C#N)CC1. The summed E-state index contributed by atoms with van der Waals surface area (Å²) < 4.78 is 88.7. The zero-order chi connectivity index (χ0) is 21.4. The van der Waals surface area contributed by atoms with Crippen LogP contribution in [0.5, 0.6) is 0 Å². The Morgan fingerprint density at radius 2 is 1.68 bits per heavy atom. The Kier molecular flexibility index (Phi) is 4.03. The number of nitriles is 1. The maximum atomic E-state index is 13.0. The summed E-state index contributed by atoms with van der Waals surface area (Å²) in [4.78, 5) is -2.28. The van der Waals surface area contributed by atoms with Gasteiger partial charge in [0.1, 0.15) is 21.4 Å². The van der Waals surface area contributed by atoms with Crippen LogP contribution in [0.1, 0.15) is 24.1 Å². The summed E-state index contributed by atoms with van der Waals surface area (Å²) in [5.41, 5.74) is -0.630. The maximum absolute atomic E-state index is 13.0. The predicted octanol–water partition coefficient (Wildman–Crippen LogP) is 5.74. The van der Waals surface area contributed by atoms with Crippen LogP contribution in [0.2, 0.25) is 10.0 Å². The molecule has 0 unspecified atom stereocenters. The van der Waals surface area contributed by atoms with Gasteiger partial charge >= 0.3 is 10.2 Å². The highest BCUT2D eigenvalue weighted by Crippen LogP contribution is 3.02. The van der Waals surface area contributed by atoms with Gasteiger partial charge in [0, 0.05) is 18.0 Å². The minimum atomic E-state index is -10.0. The van der Waals surface area contributed by atoms with Gasteiger partial charge in [-0.3, -0.25) is 0 Å². The fourth-order valence-electron chi connectivity index (χ4n) is 2.84. The van der Waals surface area contributed by atoms with Crippen LogP contribution in [-0.4, -0.2) is 24.5 Å². The molecule has 28 heavy (non-hydrogen) atoms. The number of sulfone groups is 1. The molecule has 1 saturated carbocycles. The number of nitrogens with zero attached hydrogens (tertiary/aromatic N) is 3. The van der Waals surface area contributed by atoms with E-state index in [2.05, 4.69) is 5.10 Å². The van der Waals surface area contributed by atoms with Gasteiger partial charge in [0.15, 0.2) is 15.5 Å². The average molecular weight is 482 g/mol. The number of aromatic nitrogens is 2. The lowest BCUT2D eigenvalue weighted by molar-refractivity contribution is 0.364. The fraction of sp³-hybridized carbons (Fsp3) is 0.286. The molecule has 1 aliphatic rings. The molecule has 154 valence electrons. The van der Waals surface area contributed by atoms with E-state index in [-0.39, 0.29) is 41.9 Å². The second-order valence-corrected chi connectivity index (χ2v) is 12.0. The molecular weight excluding hydrogens is 472 g/mol. The summed E-state index contributed by atoms with van der Waals surface area (Å²) in [7, 11) is -13.6. The molecule has 0 aliphatic heterocycles. The zero-order valence-electron chi connectivity index (χ0n) is 13.8. The van der Waals surface area contributed by atoms with Gasteiger partial charge in [0.25, 0.3) is 0 Å². The third kappa shape index (κ3) is 3.45. The van der Waals surface area contributed by atoms with E-state index in [0.29, 0.717) is 0 Å². The van der Waals surface area contributed by atoms with Crippen LogP contribution in [-0.2, 0) is 14.6 Å². The van der Waals surface area contributed by atoms with E-state index in [0.717, 1.165) is 17.1 Å². The van der Waals surface area contributed by atoms with Crippen molar-refractivity contribution >= 4 is 43.3 Å². The third-order valence-electron chi connectivity index (χ3n) is 4.39. The normalized spacial score (nSPS) is 18.8. The molecule has 5 nitrogen and oxygen atoms in total. The second kappa shape index (κ2) is 5.33. The standard InChI is InChI=1S/C14H10Cl2F5N3O2S2/c1-27(25,26)14(2-3-14)9-7-24(23-12(9)6-22)13-10(15)4-8(5-11(13)16)28(17,18,19,20)21/h4-5,7H,2-3H2,1H3. The molecule has 0 saturated heterocycles. The lowest BCUT2D eigenvalue weighted by atomic mass is 10.1. The Bertz CT molecular complexity index is 1140. The summed E-state index contributed by atoms with van der Waals surface area (Å²) in [6, 6.07) is 1.74. The molecule has 1 heterocycles. The molecule has 0 atom stereocenters. The number of rotatable bonds is 4. The molecule has 0 radical (unpaired) electrons. The summed E-state index contributed by atoms with van der Waals surface area (Å²) in [5, 5.41) is 11.5. The van der Waals surface area contributed by atoms with Crippen LogP contribution in [0.4, 0.5) is 19.4 Å². The smallest absolute Gasteiger partial charge is 0.236 e. The van der Waals surface area contributed by atoms with E-state index >= 15 is 0 Å². The predicted molar refractivity (Wildman–Crippen MR) is 95.5 cm³/mol. The van der Waals surface area contributed by atoms with Crippen LogP contribution in [0.25, 0.3) is 5.69 Å². The van der Waals surface area contributed by atoms with Gasteiger partial charge in [-0.05, 0) is 25.0 Å². The van der Waals surface area contributed by atoms with Crippen LogP contribution in [0.3, 0.4) is 0 Å². The fourth-order valence-corrected chi connectivity index (χ4v) is 5.70. The largest absolute Gasteiger partial charge is 0.310 e. The van der Waals surface area contributed by atoms with Crippen LogP contribution in [0, 0.1) is 11.3 Å². The van der Waals surface area contributed by atoms with E-state index in [1.807, 2.05) is 0 Å². The van der Waals surface area contributed by atoms with Gasteiger partial charge < -0.3 is 0 Å². The van der Waals surface area contributed by atoms with Gasteiger partial charge in [-0.15, -0.1) is 0 Å². The highest BCUT2D eigenvalue weighted by Gasteiger charge is 2.65. The van der Waals surface area contributed by atoms with Gasteiger partial charge in [-0.2, -0.15) is 10.4 Å². The zero-order valence-corrected chi connectivity index (χ0v) is 16.9. The summed E-state index contributed by atoms with van der Waals surface area (Å²) in [6.45, 7) is 0. The van der Waals surface area contributed by atoms with Gasteiger partial charge in [0.2, 0.25) is 0 Å². The molecule has 0 N–H and O–H groups in total. The first-order valence-electron chi connectivity index (χ1n) is 7.33. The lowest BCUT2D eigenvalue weighted by Gasteiger charge is -2.40. The molecule has 0 bridgehead atoms.